The average Bonchev–Trinajstić information content (AvgIpc) is 2.24. The molecule has 104 valence electrons. The van der Waals surface area contributed by atoms with E-state index >= 15 is 0 Å². The molecule has 1 aliphatic rings. The number of nitrogens with two attached hydrogens (primary N) is 1. The highest BCUT2D eigenvalue weighted by Gasteiger charge is 2.27. The third-order valence-corrected chi connectivity index (χ3v) is 3.37. The second kappa shape index (κ2) is 7.36. The largest absolute Gasteiger partial charge is 0.369 e. The van der Waals surface area contributed by atoms with Crippen LogP contribution in [0, 0.1) is 5.92 Å². The van der Waals surface area contributed by atoms with Crippen LogP contribution in [0.4, 0.5) is 0 Å². The van der Waals surface area contributed by atoms with Crippen molar-refractivity contribution >= 4 is 11.8 Å². The van der Waals surface area contributed by atoms with Gasteiger partial charge in [0.2, 0.25) is 11.8 Å². The van der Waals surface area contributed by atoms with Crippen molar-refractivity contribution < 1.29 is 9.59 Å². The Bertz CT molecular complexity index is 270. The lowest BCUT2D eigenvalue weighted by atomic mass is 9.90. The molecule has 5 nitrogen and oxygen atoms in total. The molecule has 1 rings (SSSR count). The van der Waals surface area contributed by atoms with Gasteiger partial charge in [-0.2, -0.15) is 0 Å². The van der Waals surface area contributed by atoms with Crippen LogP contribution in [-0.4, -0.2) is 42.4 Å². The topological polar surface area (TPSA) is 75.4 Å². The highest BCUT2D eigenvalue weighted by Crippen LogP contribution is 2.21. The molecule has 1 heterocycles. The van der Waals surface area contributed by atoms with Crippen LogP contribution in [0.3, 0.4) is 0 Å². The van der Waals surface area contributed by atoms with Gasteiger partial charge in [-0.3, -0.25) is 14.5 Å². The Balaban J connectivity index is 2.53. The molecule has 0 aromatic heterocycles. The molecule has 18 heavy (non-hydrogen) atoms. The summed E-state index contributed by atoms with van der Waals surface area (Å²) in [6.07, 6.45) is 4.54. The van der Waals surface area contributed by atoms with Crippen LogP contribution in [-0.2, 0) is 9.59 Å². The Labute approximate surface area is 109 Å². The third kappa shape index (κ3) is 5.49. The lowest BCUT2D eigenvalue weighted by Gasteiger charge is -2.37. The van der Waals surface area contributed by atoms with E-state index in [-0.39, 0.29) is 17.9 Å². The maximum Gasteiger partial charge on any atom is 0.231 e. The zero-order valence-electron chi connectivity index (χ0n) is 11.4. The highest BCUT2D eigenvalue weighted by molar-refractivity contribution is 5.76. The first kappa shape index (κ1) is 15.0. The van der Waals surface area contributed by atoms with E-state index in [0.29, 0.717) is 12.5 Å². The Hall–Kier alpha value is -1.10. The molecule has 0 spiro atoms. The fourth-order valence-electron chi connectivity index (χ4n) is 2.75. The Morgan fingerprint density at radius 1 is 1.39 bits per heavy atom. The van der Waals surface area contributed by atoms with Crippen LogP contribution < -0.4 is 11.1 Å². The minimum Gasteiger partial charge on any atom is -0.369 e. The molecule has 0 saturated carbocycles. The average molecular weight is 255 g/mol. The van der Waals surface area contributed by atoms with Gasteiger partial charge in [-0.25, -0.2) is 0 Å². The van der Waals surface area contributed by atoms with Crippen molar-refractivity contribution in [2.24, 2.45) is 11.7 Å². The molecule has 2 atom stereocenters. The zero-order valence-corrected chi connectivity index (χ0v) is 11.4. The van der Waals surface area contributed by atoms with Crippen LogP contribution in [0.1, 0.15) is 39.5 Å². The van der Waals surface area contributed by atoms with Gasteiger partial charge in [0.05, 0.1) is 6.54 Å². The molecular formula is C13H25N3O2. The first-order valence-electron chi connectivity index (χ1n) is 6.79. The smallest absolute Gasteiger partial charge is 0.231 e. The summed E-state index contributed by atoms with van der Waals surface area (Å²) in [5, 5.41) is 2.96. The van der Waals surface area contributed by atoms with Gasteiger partial charge < -0.3 is 11.1 Å². The molecule has 0 aromatic carbocycles. The quantitative estimate of drug-likeness (QED) is 0.725. The molecule has 0 aromatic rings. The first-order valence-corrected chi connectivity index (χ1v) is 6.79. The SMILES string of the molecule is CCCCC1CC(NC(C)=O)CN(CC(N)=O)C1. The van der Waals surface area contributed by atoms with E-state index in [1.807, 2.05) is 0 Å². The van der Waals surface area contributed by atoms with Crippen molar-refractivity contribution in [3.8, 4) is 0 Å². The molecule has 1 saturated heterocycles. The molecule has 1 fully saturated rings. The number of piperidine rings is 1. The van der Waals surface area contributed by atoms with Gasteiger partial charge in [-0.1, -0.05) is 19.8 Å². The van der Waals surface area contributed by atoms with E-state index < -0.39 is 0 Å². The minimum absolute atomic E-state index is 0.00448. The van der Waals surface area contributed by atoms with Gasteiger partial charge >= 0.3 is 0 Å². The fraction of sp³-hybridized carbons (Fsp3) is 0.846. The van der Waals surface area contributed by atoms with E-state index in [9.17, 15) is 9.59 Å². The lowest BCUT2D eigenvalue weighted by molar-refractivity contribution is -0.120. The predicted octanol–water partition coefficient (Wildman–Crippen LogP) is 0.489. The fourth-order valence-corrected chi connectivity index (χ4v) is 2.75. The lowest BCUT2D eigenvalue weighted by Crippen LogP contribution is -2.52. The summed E-state index contributed by atoms with van der Waals surface area (Å²) in [7, 11) is 0. The van der Waals surface area contributed by atoms with Gasteiger partial charge in [0.25, 0.3) is 0 Å². The number of carbonyl (C=O) groups excluding carboxylic acids is 2. The van der Waals surface area contributed by atoms with Crippen molar-refractivity contribution in [1.29, 1.82) is 0 Å². The van der Waals surface area contributed by atoms with Crippen molar-refractivity contribution in [2.75, 3.05) is 19.6 Å². The highest BCUT2D eigenvalue weighted by atomic mass is 16.2. The number of nitrogens with one attached hydrogen (secondary N) is 1. The van der Waals surface area contributed by atoms with Crippen molar-refractivity contribution in [2.45, 2.75) is 45.6 Å². The van der Waals surface area contributed by atoms with Gasteiger partial charge in [0.15, 0.2) is 0 Å². The van der Waals surface area contributed by atoms with Crippen LogP contribution >= 0.6 is 0 Å². The number of unbranched alkanes of at least 4 members (excludes halogenated alkanes) is 1. The molecule has 5 heteroatoms. The molecule has 3 N–H and O–H groups in total. The van der Waals surface area contributed by atoms with Gasteiger partial charge in [-0.05, 0) is 18.8 Å². The molecule has 0 aliphatic carbocycles. The van der Waals surface area contributed by atoms with Crippen molar-refractivity contribution in [1.82, 2.24) is 10.2 Å². The first-order chi connectivity index (χ1) is 8.51. The summed E-state index contributed by atoms with van der Waals surface area (Å²) in [6, 6.07) is 0.150. The maximum absolute atomic E-state index is 11.1. The third-order valence-electron chi connectivity index (χ3n) is 3.37. The van der Waals surface area contributed by atoms with Crippen LogP contribution in [0.15, 0.2) is 0 Å². The molecule has 2 unspecified atom stereocenters. The van der Waals surface area contributed by atoms with Crippen molar-refractivity contribution in [3.63, 3.8) is 0 Å². The van der Waals surface area contributed by atoms with Crippen molar-refractivity contribution in [3.05, 3.63) is 0 Å². The number of amides is 2. The van der Waals surface area contributed by atoms with Gasteiger partial charge in [0.1, 0.15) is 0 Å². The second-order valence-electron chi connectivity index (χ2n) is 5.30. The van der Waals surface area contributed by atoms with E-state index in [2.05, 4.69) is 17.1 Å². The number of primary amides is 1. The molecule has 1 aliphatic heterocycles. The predicted molar refractivity (Wildman–Crippen MR) is 70.9 cm³/mol. The Morgan fingerprint density at radius 3 is 2.67 bits per heavy atom. The molecule has 0 bridgehead atoms. The maximum atomic E-state index is 11.1. The van der Waals surface area contributed by atoms with Crippen LogP contribution in [0.5, 0.6) is 0 Å². The number of hydrogen-bond donors (Lipinski definition) is 2. The molecule has 0 radical (unpaired) electrons. The number of nitrogens with zero attached hydrogens (tertiary/aromatic N) is 1. The summed E-state index contributed by atoms with van der Waals surface area (Å²) in [5.74, 6) is 0.248. The monoisotopic (exact) mass is 255 g/mol. The van der Waals surface area contributed by atoms with Gasteiger partial charge in [0, 0.05) is 26.1 Å². The number of likely N-dealkylation sites (tertiary alicyclic amines) is 1. The molecular weight excluding hydrogens is 230 g/mol. The van der Waals surface area contributed by atoms with E-state index in [4.69, 9.17) is 5.73 Å². The van der Waals surface area contributed by atoms with E-state index in [1.165, 1.54) is 19.8 Å². The summed E-state index contributed by atoms with van der Waals surface area (Å²) >= 11 is 0. The van der Waals surface area contributed by atoms with Crippen LogP contribution in [0.2, 0.25) is 0 Å². The zero-order chi connectivity index (χ0) is 13.5. The second-order valence-corrected chi connectivity index (χ2v) is 5.30. The number of rotatable bonds is 6. The Morgan fingerprint density at radius 2 is 2.11 bits per heavy atom. The standard InChI is InChI=1S/C13H25N3O2/c1-3-4-5-11-6-12(15-10(2)17)8-16(7-11)9-13(14)18/h11-12H,3-9H2,1-2H3,(H2,14,18)(H,15,17). The minimum atomic E-state index is -0.298. The van der Waals surface area contributed by atoms with E-state index in [0.717, 1.165) is 25.9 Å². The summed E-state index contributed by atoms with van der Waals surface area (Å²) in [6.45, 7) is 5.65. The van der Waals surface area contributed by atoms with Crippen LogP contribution in [0.25, 0.3) is 0 Å². The normalized spacial score (nSPS) is 24.8. The number of carbonyl (C=O) groups is 2. The van der Waals surface area contributed by atoms with E-state index in [1.54, 1.807) is 0 Å². The van der Waals surface area contributed by atoms with Gasteiger partial charge in [-0.15, -0.1) is 0 Å². The Kier molecular flexibility index (Phi) is 6.12. The summed E-state index contributed by atoms with van der Waals surface area (Å²) in [4.78, 5) is 24.2. The molecule has 2 amide bonds. The summed E-state index contributed by atoms with van der Waals surface area (Å²) < 4.78 is 0. The summed E-state index contributed by atoms with van der Waals surface area (Å²) in [5.41, 5.74) is 5.25. The number of hydrogen-bond acceptors (Lipinski definition) is 3.